The van der Waals surface area contributed by atoms with Crippen molar-refractivity contribution in [1.29, 1.82) is 0 Å². The molecule has 4 heteroatoms. The van der Waals surface area contributed by atoms with Crippen molar-refractivity contribution >= 4 is 16.7 Å². The quantitative estimate of drug-likeness (QED) is 0.664. The first-order chi connectivity index (χ1) is 10.0. The number of carbonyl (C=O) groups is 1. The number of aromatic nitrogens is 1. The molecule has 0 aliphatic rings. The average Bonchev–Trinajstić information content (AvgIpc) is 2.46. The first-order valence-electron chi connectivity index (χ1n) is 6.42. The highest BCUT2D eigenvalue weighted by molar-refractivity contribution is 6.10. The smallest absolute Gasteiger partial charge is 0.195 e. The molecule has 0 saturated carbocycles. The summed E-state index contributed by atoms with van der Waals surface area (Å²) in [6.07, 6.45) is 0. The number of ketones is 1. The van der Waals surface area contributed by atoms with Crippen LogP contribution in [0.1, 0.15) is 21.6 Å². The molecule has 0 aliphatic carbocycles. The number of benzene rings is 2. The number of hydrogen-bond donors (Lipinski definition) is 0. The molecule has 0 unspecified atom stereocenters. The van der Waals surface area contributed by atoms with E-state index in [1.54, 1.807) is 18.2 Å². The molecule has 2 nitrogen and oxygen atoms in total. The minimum atomic E-state index is -0.859. The standard InChI is InChI=1S/C17H11F2NO/c1-10-2-3-11-8-12(4-7-16(11)20-10)17(21)14-6-5-13(18)9-15(14)19/h2-9H,1H3. The third-order valence-corrected chi connectivity index (χ3v) is 3.27. The van der Waals surface area contributed by atoms with Crippen LogP contribution >= 0.6 is 0 Å². The molecule has 0 atom stereocenters. The third kappa shape index (κ3) is 2.52. The van der Waals surface area contributed by atoms with Gasteiger partial charge in [0.2, 0.25) is 0 Å². The Bertz CT molecular complexity index is 859. The molecule has 0 saturated heterocycles. The van der Waals surface area contributed by atoms with Gasteiger partial charge >= 0.3 is 0 Å². The van der Waals surface area contributed by atoms with Crippen LogP contribution in [0.15, 0.2) is 48.5 Å². The average molecular weight is 283 g/mol. The van der Waals surface area contributed by atoms with Gasteiger partial charge in [-0.3, -0.25) is 9.78 Å². The van der Waals surface area contributed by atoms with Crippen LogP contribution in [0.4, 0.5) is 8.78 Å². The molecule has 21 heavy (non-hydrogen) atoms. The molecule has 0 aliphatic heterocycles. The van der Waals surface area contributed by atoms with E-state index in [-0.39, 0.29) is 5.56 Å². The molecule has 0 bridgehead atoms. The van der Waals surface area contributed by atoms with Gasteiger partial charge < -0.3 is 0 Å². The minimum absolute atomic E-state index is 0.143. The zero-order valence-electron chi connectivity index (χ0n) is 11.2. The molecule has 3 aromatic rings. The van der Waals surface area contributed by atoms with E-state index < -0.39 is 17.4 Å². The van der Waals surface area contributed by atoms with Gasteiger partial charge in [-0.05, 0) is 43.3 Å². The summed E-state index contributed by atoms with van der Waals surface area (Å²) in [7, 11) is 0. The fourth-order valence-corrected chi connectivity index (χ4v) is 2.20. The van der Waals surface area contributed by atoms with E-state index in [4.69, 9.17) is 0 Å². The molecule has 0 fully saturated rings. The van der Waals surface area contributed by atoms with Gasteiger partial charge in [0.15, 0.2) is 5.78 Å². The summed E-state index contributed by atoms with van der Waals surface area (Å²) in [6.45, 7) is 1.88. The Labute approximate surface area is 120 Å². The highest BCUT2D eigenvalue weighted by Gasteiger charge is 2.15. The lowest BCUT2D eigenvalue weighted by atomic mass is 10.0. The van der Waals surface area contributed by atoms with Crippen LogP contribution < -0.4 is 0 Å². The van der Waals surface area contributed by atoms with Gasteiger partial charge in [0.05, 0.1) is 11.1 Å². The van der Waals surface area contributed by atoms with Gasteiger partial charge in [0.25, 0.3) is 0 Å². The van der Waals surface area contributed by atoms with Gasteiger partial charge in [-0.1, -0.05) is 6.07 Å². The normalized spacial score (nSPS) is 10.8. The Hall–Kier alpha value is -2.62. The Balaban J connectivity index is 2.07. The number of rotatable bonds is 2. The van der Waals surface area contributed by atoms with E-state index in [2.05, 4.69) is 4.98 Å². The van der Waals surface area contributed by atoms with Crippen molar-refractivity contribution in [3.63, 3.8) is 0 Å². The van der Waals surface area contributed by atoms with Gasteiger partial charge in [0, 0.05) is 22.7 Å². The minimum Gasteiger partial charge on any atom is -0.288 e. The molecule has 0 radical (unpaired) electrons. The largest absolute Gasteiger partial charge is 0.288 e. The lowest BCUT2D eigenvalue weighted by molar-refractivity contribution is 0.103. The number of aryl methyl sites for hydroxylation is 1. The van der Waals surface area contributed by atoms with Crippen molar-refractivity contribution in [3.05, 3.63) is 77.0 Å². The molecule has 0 N–H and O–H groups in total. The van der Waals surface area contributed by atoms with E-state index in [9.17, 15) is 13.6 Å². The first-order valence-corrected chi connectivity index (χ1v) is 6.42. The summed E-state index contributed by atoms with van der Waals surface area (Å²) in [5.74, 6) is -2.04. The maximum absolute atomic E-state index is 13.7. The molecule has 2 aromatic carbocycles. The van der Waals surface area contributed by atoms with Crippen LogP contribution in [-0.4, -0.2) is 10.8 Å². The van der Waals surface area contributed by atoms with Crippen LogP contribution in [-0.2, 0) is 0 Å². The maximum atomic E-state index is 13.7. The van der Waals surface area contributed by atoms with Crippen LogP contribution in [0.3, 0.4) is 0 Å². The van der Waals surface area contributed by atoms with E-state index in [1.165, 1.54) is 0 Å². The number of pyridine rings is 1. The fourth-order valence-electron chi connectivity index (χ4n) is 2.20. The second-order valence-electron chi connectivity index (χ2n) is 4.81. The zero-order chi connectivity index (χ0) is 15.0. The van der Waals surface area contributed by atoms with Gasteiger partial charge in [-0.2, -0.15) is 0 Å². The summed E-state index contributed by atoms with van der Waals surface area (Å²) >= 11 is 0. The molecule has 104 valence electrons. The van der Waals surface area contributed by atoms with E-state index >= 15 is 0 Å². The van der Waals surface area contributed by atoms with Crippen LogP contribution in [0.5, 0.6) is 0 Å². The molecule has 1 heterocycles. The molecule has 3 rings (SSSR count). The lowest BCUT2D eigenvalue weighted by Crippen LogP contribution is -2.04. The lowest BCUT2D eigenvalue weighted by Gasteiger charge is -2.05. The topological polar surface area (TPSA) is 30.0 Å². The summed E-state index contributed by atoms with van der Waals surface area (Å²) in [4.78, 5) is 16.6. The van der Waals surface area contributed by atoms with Gasteiger partial charge in [0.1, 0.15) is 11.6 Å². The van der Waals surface area contributed by atoms with Crippen molar-refractivity contribution < 1.29 is 13.6 Å². The van der Waals surface area contributed by atoms with E-state index in [0.717, 1.165) is 28.7 Å². The number of halogens is 2. The van der Waals surface area contributed by atoms with Gasteiger partial charge in [-0.15, -0.1) is 0 Å². The van der Waals surface area contributed by atoms with Crippen molar-refractivity contribution in [2.24, 2.45) is 0 Å². The summed E-state index contributed by atoms with van der Waals surface area (Å²) < 4.78 is 26.6. The van der Waals surface area contributed by atoms with Crippen LogP contribution in [0.25, 0.3) is 10.9 Å². The zero-order valence-corrected chi connectivity index (χ0v) is 11.2. The Kier molecular flexibility index (Phi) is 3.22. The SMILES string of the molecule is Cc1ccc2cc(C(=O)c3ccc(F)cc3F)ccc2n1. The second kappa shape index (κ2) is 5.05. The van der Waals surface area contributed by atoms with Crippen LogP contribution in [0, 0.1) is 18.6 Å². The Morgan fingerprint density at radius 1 is 1.00 bits per heavy atom. The predicted molar refractivity (Wildman–Crippen MR) is 76.3 cm³/mol. The molecular weight excluding hydrogens is 272 g/mol. The number of fused-ring (bicyclic) bond motifs is 1. The van der Waals surface area contributed by atoms with Gasteiger partial charge in [-0.25, -0.2) is 8.78 Å². The van der Waals surface area contributed by atoms with Crippen LogP contribution in [0.2, 0.25) is 0 Å². The highest BCUT2D eigenvalue weighted by atomic mass is 19.1. The highest BCUT2D eigenvalue weighted by Crippen LogP contribution is 2.19. The van der Waals surface area contributed by atoms with Crippen molar-refractivity contribution in [1.82, 2.24) is 4.98 Å². The molecule has 0 amide bonds. The summed E-state index contributed by atoms with van der Waals surface area (Å²) in [5.41, 5.74) is 1.85. The monoisotopic (exact) mass is 283 g/mol. The van der Waals surface area contributed by atoms with E-state index in [0.29, 0.717) is 11.6 Å². The number of carbonyl (C=O) groups excluding carboxylic acids is 1. The molecule has 0 spiro atoms. The Morgan fingerprint density at radius 2 is 1.81 bits per heavy atom. The van der Waals surface area contributed by atoms with Crippen molar-refractivity contribution in [3.8, 4) is 0 Å². The number of hydrogen-bond acceptors (Lipinski definition) is 2. The second-order valence-corrected chi connectivity index (χ2v) is 4.81. The molecular formula is C17H11F2NO. The predicted octanol–water partition coefficient (Wildman–Crippen LogP) is 4.05. The maximum Gasteiger partial charge on any atom is 0.195 e. The Morgan fingerprint density at radius 3 is 2.57 bits per heavy atom. The first kappa shape index (κ1) is 13.4. The van der Waals surface area contributed by atoms with Crippen molar-refractivity contribution in [2.75, 3.05) is 0 Å². The van der Waals surface area contributed by atoms with E-state index in [1.807, 2.05) is 19.1 Å². The summed E-state index contributed by atoms with van der Waals surface area (Å²) in [6, 6.07) is 11.6. The fraction of sp³-hybridized carbons (Fsp3) is 0.0588. The number of nitrogens with zero attached hydrogens (tertiary/aromatic N) is 1. The summed E-state index contributed by atoms with van der Waals surface area (Å²) in [5, 5.41) is 0.800. The molecule has 1 aromatic heterocycles. The third-order valence-electron chi connectivity index (χ3n) is 3.27. The van der Waals surface area contributed by atoms with Crippen molar-refractivity contribution in [2.45, 2.75) is 6.92 Å².